The fourth-order valence-electron chi connectivity index (χ4n) is 4.80. The third-order valence-corrected chi connectivity index (χ3v) is 7.57. The van der Waals surface area contributed by atoms with Crippen LogP contribution < -0.4 is 10.2 Å². The van der Waals surface area contributed by atoms with Gasteiger partial charge in [-0.1, -0.05) is 25.0 Å². The predicted molar refractivity (Wildman–Crippen MR) is 129 cm³/mol. The number of carbonyl (C=O) groups excluding carboxylic acids is 1. The number of para-hydroxylation sites is 1. The van der Waals surface area contributed by atoms with Crippen molar-refractivity contribution >= 4 is 38.8 Å². The van der Waals surface area contributed by atoms with Crippen LogP contribution in [0.2, 0.25) is 0 Å². The number of carbonyl (C=O) groups is 1. The lowest BCUT2D eigenvalue weighted by Crippen LogP contribution is -2.32. The topological polar surface area (TPSA) is 48.5 Å². The number of rotatable bonds is 5. The Kier molecular flexibility index (Phi) is 6.18. The Morgan fingerprint density at radius 1 is 0.968 bits per heavy atom. The molecule has 0 radical (unpaired) electrons. The van der Waals surface area contributed by atoms with Gasteiger partial charge in [0.15, 0.2) is 0 Å². The maximum Gasteiger partial charge on any atom is 0.238 e. The van der Waals surface area contributed by atoms with Gasteiger partial charge in [-0.25, -0.2) is 4.98 Å². The highest BCUT2D eigenvalue weighted by molar-refractivity contribution is 7.18. The number of thiazole rings is 1. The maximum absolute atomic E-state index is 12.8. The first-order chi connectivity index (χ1) is 15.3. The minimum Gasteiger partial charge on any atom is -0.372 e. The van der Waals surface area contributed by atoms with E-state index in [4.69, 9.17) is 4.98 Å². The van der Waals surface area contributed by atoms with Crippen LogP contribution in [0, 0.1) is 0 Å². The molecule has 1 N–H and O–H groups in total. The van der Waals surface area contributed by atoms with Crippen molar-refractivity contribution < 1.29 is 4.79 Å². The molecule has 2 aliphatic heterocycles. The molecule has 2 saturated heterocycles. The normalized spacial score (nSPS) is 20.1. The van der Waals surface area contributed by atoms with E-state index in [2.05, 4.69) is 45.4 Å². The Balaban J connectivity index is 1.20. The second-order valence-electron chi connectivity index (χ2n) is 8.64. The quantitative estimate of drug-likeness (QED) is 0.580. The molecule has 2 aromatic carbocycles. The van der Waals surface area contributed by atoms with Crippen LogP contribution in [-0.2, 0) is 4.79 Å². The molecule has 0 spiro atoms. The first kappa shape index (κ1) is 20.5. The molecule has 0 saturated carbocycles. The van der Waals surface area contributed by atoms with Crippen LogP contribution in [0.3, 0.4) is 0 Å². The van der Waals surface area contributed by atoms with Crippen LogP contribution in [0.15, 0.2) is 48.5 Å². The number of amides is 1. The number of hydrogen-bond donors (Lipinski definition) is 1. The van der Waals surface area contributed by atoms with Gasteiger partial charge in [-0.15, -0.1) is 11.3 Å². The number of likely N-dealkylation sites (tertiary alicyclic amines) is 1. The fraction of sp³-hybridized carbons (Fsp3) is 0.440. The summed E-state index contributed by atoms with van der Waals surface area (Å²) < 4.78 is 1.22. The van der Waals surface area contributed by atoms with E-state index in [1.54, 1.807) is 11.3 Å². The Hall–Kier alpha value is -2.44. The predicted octanol–water partition coefficient (Wildman–Crippen LogP) is 5.45. The van der Waals surface area contributed by atoms with E-state index < -0.39 is 0 Å². The minimum absolute atomic E-state index is 0.0514. The Bertz CT molecular complexity index is 990. The third kappa shape index (κ3) is 4.75. The lowest BCUT2D eigenvalue weighted by molar-refractivity contribution is -0.117. The maximum atomic E-state index is 12.8. The van der Waals surface area contributed by atoms with E-state index in [1.165, 1.54) is 36.1 Å². The fourth-order valence-corrected chi connectivity index (χ4v) is 5.93. The van der Waals surface area contributed by atoms with Gasteiger partial charge in [0, 0.05) is 24.5 Å². The molecular formula is C25H30N4OS. The van der Waals surface area contributed by atoms with Gasteiger partial charge in [0.05, 0.1) is 22.8 Å². The van der Waals surface area contributed by atoms with Crippen molar-refractivity contribution in [2.75, 3.05) is 36.4 Å². The van der Waals surface area contributed by atoms with Crippen LogP contribution in [0.25, 0.3) is 10.2 Å². The molecule has 3 heterocycles. The van der Waals surface area contributed by atoms with Gasteiger partial charge in [0.25, 0.3) is 0 Å². The second-order valence-corrected chi connectivity index (χ2v) is 9.71. The van der Waals surface area contributed by atoms with E-state index in [0.29, 0.717) is 6.54 Å². The van der Waals surface area contributed by atoms with E-state index in [1.807, 2.05) is 18.2 Å². The van der Waals surface area contributed by atoms with Crippen molar-refractivity contribution in [1.29, 1.82) is 0 Å². The number of fused-ring (bicyclic) bond motifs is 1. The van der Waals surface area contributed by atoms with E-state index in [0.717, 1.165) is 48.7 Å². The number of anilines is 2. The molecule has 162 valence electrons. The molecule has 3 aromatic rings. The zero-order chi connectivity index (χ0) is 21.0. The average molecular weight is 435 g/mol. The second kappa shape index (κ2) is 9.37. The minimum atomic E-state index is 0.0514. The molecule has 0 bridgehead atoms. The number of nitrogens with one attached hydrogen (secondary N) is 1. The SMILES string of the molecule is O=C(CN1CCCC1c1nc2ccccc2s1)Nc1ccc(N2CCCCCC2)cc1. The van der Waals surface area contributed by atoms with Gasteiger partial charge in [-0.3, -0.25) is 9.69 Å². The Labute approximate surface area is 188 Å². The lowest BCUT2D eigenvalue weighted by Gasteiger charge is -2.23. The molecule has 1 unspecified atom stereocenters. The molecule has 1 aromatic heterocycles. The number of nitrogens with zero attached hydrogens (tertiary/aromatic N) is 3. The zero-order valence-electron chi connectivity index (χ0n) is 17.9. The van der Waals surface area contributed by atoms with Crippen LogP contribution in [0.4, 0.5) is 11.4 Å². The zero-order valence-corrected chi connectivity index (χ0v) is 18.7. The molecule has 0 aliphatic carbocycles. The molecule has 5 nitrogen and oxygen atoms in total. The Morgan fingerprint density at radius 3 is 2.52 bits per heavy atom. The lowest BCUT2D eigenvalue weighted by atomic mass is 10.2. The summed E-state index contributed by atoms with van der Waals surface area (Å²) in [5.41, 5.74) is 3.19. The molecule has 2 aliphatic rings. The first-order valence-electron chi connectivity index (χ1n) is 11.5. The molecule has 1 atom stereocenters. The largest absolute Gasteiger partial charge is 0.372 e. The summed E-state index contributed by atoms with van der Waals surface area (Å²) in [7, 11) is 0. The van der Waals surface area contributed by atoms with Gasteiger partial charge in [-0.2, -0.15) is 0 Å². The summed E-state index contributed by atoms with van der Waals surface area (Å²) >= 11 is 1.76. The summed E-state index contributed by atoms with van der Waals surface area (Å²) in [6.45, 7) is 3.62. The van der Waals surface area contributed by atoms with Crippen LogP contribution >= 0.6 is 11.3 Å². The van der Waals surface area contributed by atoms with Gasteiger partial charge >= 0.3 is 0 Å². The highest BCUT2D eigenvalue weighted by atomic mass is 32.1. The molecule has 5 rings (SSSR count). The number of benzene rings is 2. The summed E-state index contributed by atoms with van der Waals surface area (Å²) in [5.74, 6) is 0.0514. The summed E-state index contributed by atoms with van der Waals surface area (Å²) in [4.78, 5) is 22.3. The highest BCUT2D eigenvalue weighted by Gasteiger charge is 2.30. The van der Waals surface area contributed by atoms with E-state index in [-0.39, 0.29) is 11.9 Å². The number of hydrogen-bond acceptors (Lipinski definition) is 5. The summed E-state index contributed by atoms with van der Waals surface area (Å²) in [5, 5.41) is 4.23. The summed E-state index contributed by atoms with van der Waals surface area (Å²) in [6, 6.07) is 16.9. The van der Waals surface area contributed by atoms with E-state index >= 15 is 0 Å². The molecule has 1 amide bonds. The van der Waals surface area contributed by atoms with Crippen LogP contribution in [0.5, 0.6) is 0 Å². The van der Waals surface area contributed by atoms with Crippen LogP contribution in [0.1, 0.15) is 49.6 Å². The average Bonchev–Trinajstić information content (AvgIpc) is 3.32. The van der Waals surface area contributed by atoms with Crippen LogP contribution in [-0.4, -0.2) is 42.0 Å². The van der Waals surface area contributed by atoms with Crippen molar-refractivity contribution in [1.82, 2.24) is 9.88 Å². The first-order valence-corrected chi connectivity index (χ1v) is 12.3. The third-order valence-electron chi connectivity index (χ3n) is 6.43. The van der Waals surface area contributed by atoms with Crippen molar-refractivity contribution in [3.8, 4) is 0 Å². The van der Waals surface area contributed by atoms with Gasteiger partial charge < -0.3 is 10.2 Å². The standard InChI is InChI=1S/C25H30N4OS/c30-24(26-19-11-13-20(14-12-19)28-15-5-1-2-6-16-28)18-29-17-7-9-22(29)25-27-21-8-3-4-10-23(21)31-25/h3-4,8,10-14,22H,1-2,5-7,9,15-18H2,(H,26,30). The van der Waals surface area contributed by atoms with Crippen molar-refractivity contribution in [2.24, 2.45) is 0 Å². The molecular weight excluding hydrogens is 404 g/mol. The van der Waals surface area contributed by atoms with E-state index in [9.17, 15) is 4.79 Å². The Morgan fingerprint density at radius 2 is 1.74 bits per heavy atom. The van der Waals surface area contributed by atoms with Gasteiger partial charge in [0.2, 0.25) is 5.91 Å². The highest BCUT2D eigenvalue weighted by Crippen LogP contribution is 2.36. The van der Waals surface area contributed by atoms with Crippen molar-refractivity contribution in [3.05, 3.63) is 53.5 Å². The number of aromatic nitrogens is 1. The van der Waals surface area contributed by atoms with Crippen molar-refractivity contribution in [2.45, 2.75) is 44.6 Å². The molecule has 31 heavy (non-hydrogen) atoms. The monoisotopic (exact) mass is 434 g/mol. The molecule has 2 fully saturated rings. The van der Waals surface area contributed by atoms with Crippen molar-refractivity contribution in [3.63, 3.8) is 0 Å². The summed E-state index contributed by atoms with van der Waals surface area (Å²) in [6.07, 6.45) is 7.38. The molecule has 6 heteroatoms. The van der Waals surface area contributed by atoms with Gasteiger partial charge in [0.1, 0.15) is 5.01 Å². The van der Waals surface area contributed by atoms with Gasteiger partial charge in [-0.05, 0) is 68.6 Å². The smallest absolute Gasteiger partial charge is 0.238 e.